The molecule has 0 aliphatic heterocycles. The zero-order valence-electron chi connectivity index (χ0n) is 21.3. The van der Waals surface area contributed by atoms with Gasteiger partial charge in [-0.25, -0.2) is 4.39 Å². The number of hydrogen-bond donors (Lipinski definition) is 4. The fourth-order valence-corrected chi connectivity index (χ4v) is 3.49. The molecule has 5 N–H and O–H groups in total. The average Bonchev–Trinajstić information content (AvgIpc) is 3.19. The Bertz CT molecular complexity index is 998. The zero-order valence-corrected chi connectivity index (χ0v) is 22.8. The summed E-state index contributed by atoms with van der Waals surface area (Å²) in [4.78, 5) is 33.5. The van der Waals surface area contributed by atoms with Crippen LogP contribution in [0.4, 0.5) is 4.39 Å². The van der Waals surface area contributed by atoms with Crippen molar-refractivity contribution in [1.29, 1.82) is 0 Å². The summed E-state index contributed by atoms with van der Waals surface area (Å²) < 4.78 is 19.2. The average molecular weight is 564 g/mol. The number of carbonyl (C=O) groups is 3. The number of halogens is 3. The van der Waals surface area contributed by atoms with Crippen molar-refractivity contribution in [3.63, 3.8) is 0 Å². The van der Waals surface area contributed by atoms with Crippen molar-refractivity contribution in [1.82, 2.24) is 10.5 Å². The normalized spacial score (nSPS) is 11.9. The smallest absolute Gasteiger partial charge is 0.306 e. The topological polar surface area (TPSA) is 156 Å². The third-order valence-corrected chi connectivity index (χ3v) is 5.89. The highest BCUT2D eigenvalue weighted by atomic mass is 35.5. The molecule has 1 amide bonds. The summed E-state index contributed by atoms with van der Waals surface area (Å²) in [6, 6.07) is 4.21. The van der Waals surface area contributed by atoms with E-state index in [0.717, 1.165) is 19.3 Å². The summed E-state index contributed by atoms with van der Waals surface area (Å²) >= 11 is 6.05. The number of nitrogens with one attached hydrogen (secondary N) is 1. The highest BCUT2D eigenvalue weighted by molar-refractivity contribution is 6.33. The second-order valence-electron chi connectivity index (χ2n) is 8.57. The van der Waals surface area contributed by atoms with Crippen LogP contribution in [0.2, 0.25) is 5.02 Å². The monoisotopic (exact) mass is 563 g/mol. The number of aliphatic carboxylic acids is 2. The Labute approximate surface area is 227 Å². The first-order chi connectivity index (χ1) is 17.0. The molecule has 0 bridgehead atoms. The van der Waals surface area contributed by atoms with Crippen LogP contribution in [-0.4, -0.2) is 46.3 Å². The van der Waals surface area contributed by atoms with E-state index < -0.39 is 29.6 Å². The number of carboxylic acids is 2. The van der Waals surface area contributed by atoms with E-state index in [9.17, 15) is 18.8 Å². The van der Waals surface area contributed by atoms with Gasteiger partial charge < -0.3 is 25.8 Å². The van der Waals surface area contributed by atoms with Crippen molar-refractivity contribution >= 4 is 41.9 Å². The molecular weight excluding hydrogens is 528 g/mol. The molecule has 0 aliphatic rings. The third kappa shape index (κ3) is 11.5. The first-order valence-corrected chi connectivity index (χ1v) is 12.2. The van der Waals surface area contributed by atoms with Crippen LogP contribution in [0, 0.1) is 24.6 Å². The van der Waals surface area contributed by atoms with Crippen LogP contribution in [0.15, 0.2) is 22.7 Å². The van der Waals surface area contributed by atoms with Crippen LogP contribution in [-0.2, 0) is 9.59 Å². The molecule has 1 aromatic carbocycles. The van der Waals surface area contributed by atoms with Gasteiger partial charge in [-0.3, -0.25) is 14.4 Å². The Morgan fingerprint density at radius 3 is 2.16 bits per heavy atom. The van der Waals surface area contributed by atoms with Crippen LogP contribution < -0.4 is 11.1 Å². The molecule has 208 valence electrons. The molecule has 0 saturated carbocycles. The maximum Gasteiger partial charge on any atom is 0.306 e. The van der Waals surface area contributed by atoms with Crippen LogP contribution in [0.1, 0.15) is 68.5 Å². The van der Waals surface area contributed by atoms with Crippen molar-refractivity contribution in [2.75, 3.05) is 13.1 Å². The number of rotatable bonds is 13. The quantitative estimate of drug-likeness (QED) is 0.238. The van der Waals surface area contributed by atoms with Crippen LogP contribution in [0.5, 0.6) is 0 Å². The first kappa shape index (κ1) is 34.3. The van der Waals surface area contributed by atoms with E-state index in [2.05, 4.69) is 10.5 Å². The van der Waals surface area contributed by atoms with Crippen LogP contribution in [0.3, 0.4) is 0 Å². The van der Waals surface area contributed by atoms with Gasteiger partial charge in [-0.05, 0) is 51.3 Å². The minimum Gasteiger partial charge on any atom is -0.481 e. The number of benzene rings is 1. The largest absolute Gasteiger partial charge is 0.481 e. The molecule has 1 heterocycles. The Morgan fingerprint density at radius 1 is 1.08 bits per heavy atom. The number of aromatic nitrogens is 1. The van der Waals surface area contributed by atoms with Gasteiger partial charge in [0, 0.05) is 6.54 Å². The van der Waals surface area contributed by atoms with Gasteiger partial charge in [-0.2, -0.15) is 0 Å². The van der Waals surface area contributed by atoms with E-state index in [1.165, 1.54) is 18.2 Å². The van der Waals surface area contributed by atoms with E-state index >= 15 is 0 Å². The van der Waals surface area contributed by atoms with Crippen molar-refractivity contribution < 1.29 is 33.5 Å². The van der Waals surface area contributed by atoms with E-state index in [1.807, 2.05) is 0 Å². The number of nitrogens with two attached hydrogens (primary N) is 1. The molecule has 0 aliphatic carbocycles. The summed E-state index contributed by atoms with van der Waals surface area (Å²) in [7, 11) is 0. The van der Waals surface area contributed by atoms with Gasteiger partial charge in [0.2, 0.25) is 0 Å². The molecule has 37 heavy (non-hydrogen) atoms. The van der Waals surface area contributed by atoms with Gasteiger partial charge >= 0.3 is 11.9 Å². The summed E-state index contributed by atoms with van der Waals surface area (Å²) in [6.07, 6.45) is 4.42. The highest BCUT2D eigenvalue weighted by Gasteiger charge is 2.25. The van der Waals surface area contributed by atoms with E-state index in [1.54, 1.807) is 20.8 Å². The van der Waals surface area contributed by atoms with E-state index in [0.29, 0.717) is 32.4 Å². The fourth-order valence-electron chi connectivity index (χ4n) is 3.24. The predicted molar refractivity (Wildman–Crippen MR) is 142 cm³/mol. The number of hydrogen-bond acceptors (Lipinski definition) is 6. The molecule has 2 aromatic rings. The van der Waals surface area contributed by atoms with Gasteiger partial charge in [0.1, 0.15) is 22.8 Å². The van der Waals surface area contributed by atoms with Gasteiger partial charge in [-0.1, -0.05) is 49.5 Å². The van der Waals surface area contributed by atoms with Crippen molar-refractivity contribution in [3.8, 4) is 11.3 Å². The molecule has 12 heteroatoms. The lowest BCUT2D eigenvalue weighted by atomic mass is 10.0. The maximum atomic E-state index is 14.1. The Morgan fingerprint density at radius 2 is 1.65 bits per heavy atom. The van der Waals surface area contributed by atoms with E-state index in [4.69, 9.17) is 32.1 Å². The summed E-state index contributed by atoms with van der Waals surface area (Å²) in [6.45, 7) is 5.95. The summed E-state index contributed by atoms with van der Waals surface area (Å²) in [5.74, 6) is -2.95. The number of amides is 1. The minimum absolute atomic E-state index is 0. The lowest BCUT2D eigenvalue weighted by Gasteiger charge is -2.08. The highest BCUT2D eigenvalue weighted by Crippen LogP contribution is 2.33. The Hall–Kier alpha value is -2.69. The standard InChI is InChI=1S/C18H20ClFN2O4.C7H15NO2.ClH/c1-10(18(24)25)6-3-4-9-21-17(23)14-11(2)26-22-16(14)15-12(19)7-5-8-13(15)20;1-6(7(9)10)4-2-3-5-8;/h5,7-8,10H,3-4,6,9H2,1-2H3,(H,21,23)(H,24,25);6H,2-5,8H2,1H3,(H,9,10);1H. The van der Waals surface area contributed by atoms with Crippen molar-refractivity contribution in [2.45, 2.75) is 59.3 Å². The number of nitrogens with zero attached hydrogens (tertiary/aromatic N) is 1. The molecule has 2 rings (SSSR count). The molecule has 2 unspecified atom stereocenters. The van der Waals surface area contributed by atoms with Crippen molar-refractivity contribution in [3.05, 3.63) is 40.4 Å². The first-order valence-electron chi connectivity index (χ1n) is 11.9. The minimum atomic E-state index is -0.833. The lowest BCUT2D eigenvalue weighted by molar-refractivity contribution is -0.142. The molecule has 0 spiro atoms. The molecule has 0 radical (unpaired) electrons. The molecule has 9 nitrogen and oxygen atoms in total. The van der Waals surface area contributed by atoms with Gasteiger partial charge in [0.25, 0.3) is 5.91 Å². The summed E-state index contributed by atoms with van der Waals surface area (Å²) in [5, 5.41) is 23.9. The third-order valence-electron chi connectivity index (χ3n) is 5.57. The molecule has 0 fully saturated rings. The predicted octanol–water partition coefficient (Wildman–Crippen LogP) is 5.32. The number of carboxylic acid groups (broad SMARTS) is 2. The van der Waals surface area contributed by atoms with Crippen LogP contribution in [0.25, 0.3) is 11.3 Å². The maximum absolute atomic E-state index is 14.1. The van der Waals surface area contributed by atoms with Crippen molar-refractivity contribution in [2.24, 2.45) is 17.6 Å². The number of carbonyl (C=O) groups excluding carboxylic acids is 1. The van der Waals surface area contributed by atoms with Crippen LogP contribution >= 0.6 is 24.0 Å². The fraction of sp³-hybridized carbons (Fsp3) is 0.520. The zero-order chi connectivity index (χ0) is 27.3. The molecule has 1 aromatic heterocycles. The lowest BCUT2D eigenvalue weighted by Crippen LogP contribution is -2.25. The molecule has 0 saturated heterocycles. The SMILES string of the molecule is CC(CCCCN)C(=O)O.Cc1onc(-c2c(F)cccc2Cl)c1C(=O)NCCCCC(C)C(=O)O.Cl. The van der Waals surface area contributed by atoms with Gasteiger partial charge in [0.05, 0.1) is 22.4 Å². The second-order valence-corrected chi connectivity index (χ2v) is 8.98. The Balaban J connectivity index is 0.00000100. The van der Waals surface area contributed by atoms with Gasteiger partial charge in [0.15, 0.2) is 0 Å². The Kier molecular flexibility index (Phi) is 16.4. The molecule has 2 atom stereocenters. The molecular formula is C25H36Cl2FN3O6. The number of aryl methyl sites for hydroxylation is 1. The summed E-state index contributed by atoms with van der Waals surface area (Å²) in [5.41, 5.74) is 5.46. The number of unbranched alkanes of at least 4 members (excludes halogenated alkanes) is 2. The van der Waals surface area contributed by atoms with E-state index in [-0.39, 0.29) is 45.9 Å². The second kappa shape index (κ2) is 17.7. The van der Waals surface area contributed by atoms with Gasteiger partial charge in [-0.15, -0.1) is 12.4 Å².